The highest BCUT2D eigenvalue weighted by Crippen LogP contribution is 2.09. The Balaban J connectivity index is 2.69. The second kappa shape index (κ2) is 4.26. The summed E-state index contributed by atoms with van der Waals surface area (Å²) < 4.78 is 12.9. The van der Waals surface area contributed by atoms with E-state index in [1.807, 2.05) is 6.92 Å². The highest BCUT2D eigenvalue weighted by atomic mass is 35.5. The van der Waals surface area contributed by atoms with Gasteiger partial charge in [0.15, 0.2) is 11.6 Å². The molecule has 0 spiro atoms. The summed E-state index contributed by atoms with van der Waals surface area (Å²) in [5, 5.41) is 2.84. The number of alkyl halides is 1. The summed E-state index contributed by atoms with van der Waals surface area (Å²) in [6, 6.07) is 2.93. The molecule has 1 heterocycles. The molecular weight excluding hydrogens is 179 g/mol. The van der Waals surface area contributed by atoms with Crippen molar-refractivity contribution in [2.75, 3.05) is 11.2 Å². The number of pyridine rings is 1. The van der Waals surface area contributed by atoms with Gasteiger partial charge in [-0.3, -0.25) is 0 Å². The molecule has 1 N–H and O–H groups in total. The highest BCUT2D eigenvalue weighted by Gasteiger charge is 2.04. The molecule has 0 saturated carbocycles. The average Bonchev–Trinajstić information content (AvgIpc) is 2.09. The second-order valence-corrected chi connectivity index (χ2v) is 2.84. The predicted molar refractivity (Wildman–Crippen MR) is 48.0 cm³/mol. The summed E-state index contributed by atoms with van der Waals surface area (Å²) in [4.78, 5) is 3.82. The molecule has 2 nitrogen and oxygen atoms in total. The van der Waals surface area contributed by atoms with Gasteiger partial charge < -0.3 is 5.32 Å². The summed E-state index contributed by atoms with van der Waals surface area (Å²) in [6.45, 7) is 1.86. The standard InChI is InChI=1S/C8H10ClFN2/c1-6(5-9)12-8-7(10)3-2-4-11-8/h2-4,6H,5H2,1H3,(H,11,12). The summed E-state index contributed by atoms with van der Waals surface area (Å²) >= 11 is 5.54. The van der Waals surface area contributed by atoms with Crippen LogP contribution in [0.5, 0.6) is 0 Å². The first-order valence-electron chi connectivity index (χ1n) is 3.67. The SMILES string of the molecule is CC(CCl)Nc1ncccc1F. The lowest BCUT2D eigenvalue weighted by molar-refractivity contribution is 0.622. The first-order chi connectivity index (χ1) is 5.74. The lowest BCUT2D eigenvalue weighted by Crippen LogP contribution is -2.18. The normalized spacial score (nSPS) is 12.6. The summed E-state index contributed by atoms with van der Waals surface area (Å²) in [5.41, 5.74) is 0. The quantitative estimate of drug-likeness (QED) is 0.737. The molecule has 4 heteroatoms. The molecule has 0 aliphatic heterocycles. The molecular formula is C8H10ClFN2. The Hall–Kier alpha value is -0.830. The Bertz CT molecular complexity index is 255. The van der Waals surface area contributed by atoms with Crippen molar-refractivity contribution < 1.29 is 4.39 Å². The fourth-order valence-electron chi connectivity index (χ4n) is 0.764. The van der Waals surface area contributed by atoms with E-state index >= 15 is 0 Å². The minimum atomic E-state index is -0.352. The fraction of sp³-hybridized carbons (Fsp3) is 0.375. The van der Waals surface area contributed by atoms with Gasteiger partial charge in [-0.1, -0.05) is 0 Å². The Labute approximate surface area is 75.8 Å². The van der Waals surface area contributed by atoms with E-state index in [2.05, 4.69) is 10.3 Å². The van der Waals surface area contributed by atoms with Crippen molar-refractivity contribution in [1.29, 1.82) is 0 Å². The third-order valence-electron chi connectivity index (χ3n) is 1.37. The topological polar surface area (TPSA) is 24.9 Å². The third-order valence-corrected chi connectivity index (χ3v) is 1.84. The van der Waals surface area contributed by atoms with Crippen molar-refractivity contribution >= 4 is 17.4 Å². The molecule has 0 aliphatic carbocycles. The molecule has 0 radical (unpaired) electrons. The van der Waals surface area contributed by atoms with Crippen LogP contribution in [0.2, 0.25) is 0 Å². The maximum absolute atomic E-state index is 12.9. The van der Waals surface area contributed by atoms with E-state index < -0.39 is 0 Å². The number of aromatic nitrogens is 1. The van der Waals surface area contributed by atoms with Gasteiger partial charge in [-0.05, 0) is 19.1 Å². The molecule has 1 atom stereocenters. The molecule has 0 fully saturated rings. The fourth-order valence-corrected chi connectivity index (χ4v) is 0.841. The van der Waals surface area contributed by atoms with Crippen molar-refractivity contribution in [3.8, 4) is 0 Å². The van der Waals surface area contributed by atoms with Crippen LogP contribution in [0.15, 0.2) is 18.3 Å². The van der Waals surface area contributed by atoms with Gasteiger partial charge in [-0.15, -0.1) is 11.6 Å². The highest BCUT2D eigenvalue weighted by molar-refractivity contribution is 6.18. The molecule has 12 heavy (non-hydrogen) atoms. The van der Waals surface area contributed by atoms with Crippen molar-refractivity contribution in [3.63, 3.8) is 0 Å². The molecule has 0 aromatic carbocycles. The van der Waals surface area contributed by atoms with Crippen molar-refractivity contribution in [2.45, 2.75) is 13.0 Å². The van der Waals surface area contributed by atoms with Crippen LogP contribution in [0, 0.1) is 5.82 Å². The maximum atomic E-state index is 12.9. The third kappa shape index (κ3) is 2.34. The zero-order valence-corrected chi connectivity index (χ0v) is 7.48. The number of hydrogen-bond acceptors (Lipinski definition) is 2. The lowest BCUT2D eigenvalue weighted by atomic mass is 10.3. The van der Waals surface area contributed by atoms with Gasteiger partial charge in [0, 0.05) is 18.1 Å². The van der Waals surface area contributed by atoms with E-state index in [9.17, 15) is 4.39 Å². The van der Waals surface area contributed by atoms with Gasteiger partial charge in [0.25, 0.3) is 0 Å². The molecule has 0 bridgehead atoms. The van der Waals surface area contributed by atoms with Gasteiger partial charge in [0.2, 0.25) is 0 Å². The smallest absolute Gasteiger partial charge is 0.165 e. The number of anilines is 1. The largest absolute Gasteiger partial charge is 0.364 e. The summed E-state index contributed by atoms with van der Waals surface area (Å²) in [5.74, 6) is 0.329. The molecule has 1 unspecified atom stereocenters. The second-order valence-electron chi connectivity index (χ2n) is 2.53. The van der Waals surface area contributed by atoms with Crippen molar-refractivity contribution in [1.82, 2.24) is 4.98 Å². The Morgan fingerprint density at radius 1 is 1.75 bits per heavy atom. The van der Waals surface area contributed by atoms with E-state index in [1.54, 1.807) is 6.07 Å². The van der Waals surface area contributed by atoms with Crippen LogP contribution in [0.4, 0.5) is 10.2 Å². The zero-order chi connectivity index (χ0) is 8.97. The van der Waals surface area contributed by atoms with Gasteiger partial charge in [-0.25, -0.2) is 9.37 Å². The van der Waals surface area contributed by atoms with Gasteiger partial charge >= 0.3 is 0 Å². The van der Waals surface area contributed by atoms with Crippen LogP contribution in [0.1, 0.15) is 6.92 Å². The molecule has 1 aromatic rings. The number of nitrogens with one attached hydrogen (secondary N) is 1. The van der Waals surface area contributed by atoms with Crippen LogP contribution < -0.4 is 5.32 Å². The first-order valence-corrected chi connectivity index (χ1v) is 4.20. The zero-order valence-electron chi connectivity index (χ0n) is 6.72. The van der Waals surface area contributed by atoms with Gasteiger partial charge in [-0.2, -0.15) is 0 Å². The predicted octanol–water partition coefficient (Wildman–Crippen LogP) is 2.26. The summed E-state index contributed by atoms with van der Waals surface area (Å²) in [7, 11) is 0. The van der Waals surface area contributed by atoms with Crippen LogP contribution in [0.25, 0.3) is 0 Å². The van der Waals surface area contributed by atoms with Gasteiger partial charge in [0.1, 0.15) is 0 Å². The minimum absolute atomic E-state index is 0.0241. The van der Waals surface area contributed by atoms with Crippen LogP contribution >= 0.6 is 11.6 Å². The number of hydrogen-bond donors (Lipinski definition) is 1. The van der Waals surface area contributed by atoms with Gasteiger partial charge in [0.05, 0.1) is 0 Å². The number of nitrogens with zero attached hydrogens (tertiary/aromatic N) is 1. The lowest BCUT2D eigenvalue weighted by Gasteiger charge is -2.10. The Morgan fingerprint density at radius 2 is 2.50 bits per heavy atom. The first kappa shape index (κ1) is 9.26. The maximum Gasteiger partial charge on any atom is 0.165 e. The van der Waals surface area contributed by atoms with Crippen molar-refractivity contribution in [2.24, 2.45) is 0 Å². The average molecular weight is 189 g/mol. The van der Waals surface area contributed by atoms with Crippen LogP contribution in [-0.4, -0.2) is 16.9 Å². The minimum Gasteiger partial charge on any atom is -0.364 e. The number of rotatable bonds is 3. The van der Waals surface area contributed by atoms with E-state index in [1.165, 1.54) is 12.3 Å². The van der Waals surface area contributed by atoms with E-state index in [0.29, 0.717) is 5.88 Å². The van der Waals surface area contributed by atoms with Crippen molar-refractivity contribution in [3.05, 3.63) is 24.1 Å². The van der Waals surface area contributed by atoms with E-state index in [0.717, 1.165) is 0 Å². The van der Waals surface area contributed by atoms with Crippen LogP contribution in [0.3, 0.4) is 0 Å². The van der Waals surface area contributed by atoms with E-state index in [-0.39, 0.29) is 17.7 Å². The molecule has 0 saturated heterocycles. The number of halogens is 2. The molecule has 1 aromatic heterocycles. The molecule has 0 amide bonds. The van der Waals surface area contributed by atoms with E-state index in [4.69, 9.17) is 11.6 Å². The monoisotopic (exact) mass is 188 g/mol. The molecule has 0 aliphatic rings. The molecule has 1 rings (SSSR count). The van der Waals surface area contributed by atoms with Crippen LogP contribution in [-0.2, 0) is 0 Å². The summed E-state index contributed by atoms with van der Waals surface area (Å²) in [6.07, 6.45) is 1.53. The Morgan fingerprint density at radius 3 is 3.08 bits per heavy atom. The Kier molecular flexibility index (Phi) is 3.29. The molecule has 66 valence electrons.